The Morgan fingerprint density at radius 2 is 1.17 bits per heavy atom. The number of aromatic amines is 1. The zero-order valence-corrected chi connectivity index (χ0v) is 26.9. The van der Waals surface area contributed by atoms with Crippen LogP contribution in [0.3, 0.4) is 0 Å². The molecular weight excluding hydrogens is 647 g/mol. The summed E-state index contributed by atoms with van der Waals surface area (Å²) in [5.41, 5.74) is 2.08. The fourth-order valence-corrected chi connectivity index (χ4v) is 8.20. The van der Waals surface area contributed by atoms with Gasteiger partial charge in [-0.2, -0.15) is 0 Å². The molecule has 46 heavy (non-hydrogen) atoms. The van der Waals surface area contributed by atoms with Gasteiger partial charge in [0.05, 0.1) is 0 Å². The number of rotatable bonds is 13. The quantitative estimate of drug-likeness (QED) is 0.182. The van der Waals surface area contributed by atoms with Crippen molar-refractivity contribution in [2.75, 3.05) is 6.61 Å². The van der Waals surface area contributed by atoms with Crippen molar-refractivity contribution in [3.63, 3.8) is 0 Å². The summed E-state index contributed by atoms with van der Waals surface area (Å²) < 4.78 is 29.2. The third-order valence-corrected chi connectivity index (χ3v) is 10.5. The number of benzene rings is 4. The Hall–Kier alpha value is -4.08. The van der Waals surface area contributed by atoms with Crippen molar-refractivity contribution in [1.82, 2.24) is 9.55 Å². The normalized spacial score (nSPS) is 21.2. The van der Waals surface area contributed by atoms with Gasteiger partial charge in [-0.1, -0.05) is 0 Å². The van der Waals surface area contributed by atoms with Gasteiger partial charge in [0.15, 0.2) is 0 Å². The monoisotopic (exact) mass is 684 g/mol. The van der Waals surface area contributed by atoms with Crippen molar-refractivity contribution < 1.29 is 18.9 Å². The molecule has 0 amide bonds. The van der Waals surface area contributed by atoms with Crippen LogP contribution in [0.25, 0.3) is 0 Å². The van der Waals surface area contributed by atoms with E-state index in [2.05, 4.69) is 17.1 Å². The molecule has 2 heterocycles. The molecule has 0 aliphatic carbocycles. The SMILES string of the molecule is O=c1ccn([C@@H]2O[C@H](COCc3ccccc3)[C@@H](OCc3ccccc3)[C@H](OCc3ccccc3)[C@H]2[Se]c2ccccc2)c(=O)[nH]1. The predicted molar refractivity (Wildman–Crippen MR) is 177 cm³/mol. The van der Waals surface area contributed by atoms with Crippen LogP contribution in [0.1, 0.15) is 22.9 Å². The molecule has 0 unspecified atom stereocenters. The first kappa shape index (κ1) is 31.9. The van der Waals surface area contributed by atoms with Crippen LogP contribution in [0, 0.1) is 0 Å². The molecule has 8 nitrogen and oxygen atoms in total. The van der Waals surface area contributed by atoms with E-state index in [9.17, 15) is 9.59 Å². The molecule has 1 N–H and O–H groups in total. The van der Waals surface area contributed by atoms with Gasteiger partial charge in [0.2, 0.25) is 0 Å². The molecule has 1 aliphatic heterocycles. The number of hydrogen-bond donors (Lipinski definition) is 1. The molecule has 1 aromatic heterocycles. The molecule has 9 heteroatoms. The van der Waals surface area contributed by atoms with Crippen molar-refractivity contribution in [3.8, 4) is 0 Å². The van der Waals surface area contributed by atoms with Gasteiger partial charge in [0, 0.05) is 0 Å². The summed E-state index contributed by atoms with van der Waals surface area (Å²) in [5.74, 6) is 0. The summed E-state index contributed by atoms with van der Waals surface area (Å²) in [4.78, 5) is 27.4. The van der Waals surface area contributed by atoms with Crippen molar-refractivity contribution in [1.29, 1.82) is 0 Å². The summed E-state index contributed by atoms with van der Waals surface area (Å²) in [6.45, 7) is 1.30. The zero-order chi connectivity index (χ0) is 31.6. The molecule has 0 saturated carbocycles. The molecule has 6 rings (SSSR count). The van der Waals surface area contributed by atoms with E-state index in [1.165, 1.54) is 16.8 Å². The Bertz CT molecular complexity index is 1750. The van der Waals surface area contributed by atoms with E-state index < -0.39 is 35.8 Å². The Balaban J connectivity index is 1.38. The van der Waals surface area contributed by atoms with Gasteiger partial charge in [-0.05, 0) is 0 Å². The van der Waals surface area contributed by atoms with Crippen molar-refractivity contribution in [2.24, 2.45) is 0 Å². The molecule has 0 radical (unpaired) electrons. The number of aromatic nitrogens is 2. The average molecular weight is 684 g/mol. The van der Waals surface area contributed by atoms with Gasteiger partial charge in [-0.3, -0.25) is 0 Å². The first-order valence-electron chi connectivity index (χ1n) is 15.3. The Labute approximate surface area is 274 Å². The van der Waals surface area contributed by atoms with E-state index in [0.29, 0.717) is 19.8 Å². The standard InChI is InChI=1S/C37H36N2O6Se/c40-32-21-22-39(37(41)38-32)36-35(46-30-19-11-4-12-20-30)34(44-25-29-17-9-3-10-18-29)33(43-24-28-15-7-2-8-16-28)31(45-36)26-42-23-27-13-5-1-6-14-27/h1-22,31,33-36H,23-26H2,(H,38,40,41)/t31-,33-,34+,35-,36-/m1/s1. The second-order valence-corrected chi connectivity index (χ2v) is 13.6. The van der Waals surface area contributed by atoms with Crippen LogP contribution < -0.4 is 15.7 Å². The van der Waals surface area contributed by atoms with E-state index in [1.54, 1.807) is 0 Å². The topological polar surface area (TPSA) is 91.8 Å². The third-order valence-electron chi connectivity index (χ3n) is 7.71. The number of ether oxygens (including phenoxy) is 4. The van der Waals surface area contributed by atoms with E-state index in [-0.39, 0.29) is 26.4 Å². The second kappa shape index (κ2) is 16.0. The molecular formula is C37H36N2O6Se. The third kappa shape index (κ3) is 8.39. The van der Waals surface area contributed by atoms with E-state index in [4.69, 9.17) is 18.9 Å². The van der Waals surface area contributed by atoms with Crippen LogP contribution in [0.4, 0.5) is 0 Å². The van der Waals surface area contributed by atoms with Crippen LogP contribution in [0.15, 0.2) is 143 Å². The van der Waals surface area contributed by atoms with E-state index >= 15 is 0 Å². The maximum absolute atomic E-state index is 13.3. The molecule has 4 aromatic carbocycles. The summed E-state index contributed by atoms with van der Waals surface area (Å²) in [7, 11) is 0. The summed E-state index contributed by atoms with van der Waals surface area (Å²) in [5, 5.41) is 0. The second-order valence-electron chi connectivity index (χ2n) is 11.0. The van der Waals surface area contributed by atoms with Gasteiger partial charge in [0.1, 0.15) is 0 Å². The molecule has 1 saturated heterocycles. The van der Waals surface area contributed by atoms with Crippen LogP contribution in [-0.4, -0.2) is 49.4 Å². The fourth-order valence-electron chi connectivity index (χ4n) is 5.45. The van der Waals surface area contributed by atoms with Crippen LogP contribution in [0.5, 0.6) is 0 Å². The molecule has 0 spiro atoms. The van der Waals surface area contributed by atoms with Gasteiger partial charge in [-0.25, -0.2) is 0 Å². The number of nitrogens with one attached hydrogen (secondary N) is 1. The number of hydrogen-bond acceptors (Lipinski definition) is 6. The maximum atomic E-state index is 13.3. The van der Waals surface area contributed by atoms with Crippen LogP contribution >= 0.6 is 0 Å². The fraction of sp³-hybridized carbons (Fsp3) is 0.243. The van der Waals surface area contributed by atoms with Crippen molar-refractivity contribution in [2.45, 2.75) is 49.2 Å². The van der Waals surface area contributed by atoms with Crippen molar-refractivity contribution in [3.05, 3.63) is 171 Å². The van der Waals surface area contributed by atoms with Crippen LogP contribution in [0.2, 0.25) is 4.82 Å². The summed E-state index contributed by atoms with van der Waals surface area (Å²) >= 11 is -0.215. The first-order valence-corrected chi connectivity index (χ1v) is 17.1. The molecule has 1 aliphatic rings. The minimum absolute atomic E-state index is 0.208. The minimum atomic E-state index is -0.743. The van der Waals surface area contributed by atoms with Gasteiger partial charge >= 0.3 is 275 Å². The molecule has 236 valence electrons. The Kier molecular flexibility index (Phi) is 11.1. The Morgan fingerprint density at radius 1 is 0.652 bits per heavy atom. The van der Waals surface area contributed by atoms with Gasteiger partial charge in [-0.15, -0.1) is 0 Å². The molecule has 5 atom stereocenters. The first-order chi connectivity index (χ1) is 22.6. The summed E-state index contributed by atoms with van der Waals surface area (Å²) in [6.07, 6.45) is -0.828. The summed E-state index contributed by atoms with van der Waals surface area (Å²) in [6, 6.07) is 41.4. The Morgan fingerprint density at radius 3 is 1.74 bits per heavy atom. The zero-order valence-electron chi connectivity index (χ0n) is 25.2. The van der Waals surface area contributed by atoms with Gasteiger partial charge in [0.25, 0.3) is 0 Å². The average Bonchev–Trinajstić information content (AvgIpc) is 3.09. The number of nitrogens with zero attached hydrogens (tertiary/aromatic N) is 1. The van der Waals surface area contributed by atoms with E-state index in [0.717, 1.165) is 21.2 Å². The molecule has 5 aromatic rings. The van der Waals surface area contributed by atoms with Gasteiger partial charge < -0.3 is 0 Å². The molecule has 0 bridgehead atoms. The van der Waals surface area contributed by atoms with E-state index in [1.807, 2.05) is 109 Å². The van der Waals surface area contributed by atoms with Crippen LogP contribution in [-0.2, 0) is 38.8 Å². The molecule has 1 fully saturated rings. The number of H-pyrrole nitrogens is 1. The van der Waals surface area contributed by atoms with Crippen molar-refractivity contribution >= 4 is 19.4 Å². The predicted octanol–water partition coefficient (Wildman–Crippen LogP) is 4.64.